The number of ketones is 1. The monoisotopic (exact) mass is 369 g/mol. The first kappa shape index (κ1) is 16.0. The quantitative estimate of drug-likeness (QED) is 0.679. The molecule has 1 amide bonds. The molecule has 0 bridgehead atoms. The average Bonchev–Trinajstić information content (AvgIpc) is 3.38. The van der Waals surface area contributed by atoms with E-state index in [1.807, 2.05) is 0 Å². The Morgan fingerprint density at radius 1 is 1.19 bits per heavy atom. The first-order valence-corrected chi connectivity index (χ1v) is 8.36. The van der Waals surface area contributed by atoms with Gasteiger partial charge in [-0.05, 0) is 29.8 Å². The van der Waals surface area contributed by atoms with Crippen LogP contribution in [0.1, 0.15) is 22.2 Å². The Morgan fingerprint density at radius 3 is 2.58 bits per heavy atom. The maximum atomic E-state index is 12.9. The van der Waals surface area contributed by atoms with E-state index in [0.29, 0.717) is 5.56 Å². The van der Waals surface area contributed by atoms with E-state index >= 15 is 0 Å². The van der Waals surface area contributed by atoms with E-state index in [2.05, 4.69) is 10.2 Å². The summed E-state index contributed by atoms with van der Waals surface area (Å²) in [6, 6.07) is 8.07. The first-order chi connectivity index (χ1) is 12.6. The predicted molar refractivity (Wildman–Crippen MR) is 90.9 cm³/mol. The number of aliphatic hydroxyl groups is 1. The van der Waals surface area contributed by atoms with Crippen molar-refractivity contribution < 1.29 is 24.2 Å². The van der Waals surface area contributed by atoms with Gasteiger partial charge in [-0.1, -0.05) is 23.5 Å². The lowest BCUT2D eigenvalue weighted by Gasteiger charge is -2.23. The van der Waals surface area contributed by atoms with Crippen LogP contribution in [0.5, 0.6) is 5.75 Å². The number of amides is 1. The molecule has 1 aliphatic heterocycles. The van der Waals surface area contributed by atoms with Crippen LogP contribution in [0.25, 0.3) is 0 Å². The molecule has 0 radical (unpaired) electrons. The number of phenols is 1. The lowest BCUT2D eigenvalue weighted by atomic mass is 9.95. The largest absolute Gasteiger partial charge is 0.508 e. The van der Waals surface area contributed by atoms with Crippen molar-refractivity contribution in [3.05, 3.63) is 70.8 Å². The molecule has 0 saturated heterocycles. The van der Waals surface area contributed by atoms with Crippen LogP contribution in [-0.4, -0.2) is 32.1 Å². The minimum atomic E-state index is -0.923. The topological polar surface area (TPSA) is 117 Å². The molecule has 9 heteroatoms. The summed E-state index contributed by atoms with van der Waals surface area (Å²) in [6.07, 6.45) is 1.33. The highest BCUT2D eigenvalue weighted by atomic mass is 32.1. The highest BCUT2D eigenvalue weighted by Crippen LogP contribution is 2.42. The van der Waals surface area contributed by atoms with E-state index in [0.717, 1.165) is 11.3 Å². The molecule has 0 spiro atoms. The molecule has 130 valence electrons. The molecule has 1 aromatic carbocycles. The number of carbonyl (C=O) groups excluding carboxylic acids is 2. The second-order valence-electron chi connectivity index (χ2n) is 5.46. The number of aromatic nitrogens is 2. The van der Waals surface area contributed by atoms with Gasteiger partial charge in [0.2, 0.25) is 10.9 Å². The zero-order valence-electron chi connectivity index (χ0n) is 13.1. The van der Waals surface area contributed by atoms with Crippen molar-refractivity contribution >= 4 is 28.2 Å². The fourth-order valence-electron chi connectivity index (χ4n) is 2.82. The Morgan fingerprint density at radius 2 is 1.96 bits per heavy atom. The molecule has 1 atom stereocenters. The standard InChI is InChI=1S/C17H11N3O5S/c21-10-5-3-9(4-6-10)13-12(14(22)11-2-1-7-25-11)15(23)16(24)20(13)17-19-18-8-26-17/h1-8,13,21,23H. The number of aliphatic hydroxyl groups excluding tert-OH is 1. The molecule has 3 aromatic rings. The summed E-state index contributed by atoms with van der Waals surface area (Å²) in [5.41, 5.74) is 1.84. The molecule has 1 aliphatic rings. The van der Waals surface area contributed by atoms with Gasteiger partial charge in [0.15, 0.2) is 11.5 Å². The number of hydrogen-bond donors (Lipinski definition) is 2. The van der Waals surface area contributed by atoms with Gasteiger partial charge in [-0.25, -0.2) is 0 Å². The van der Waals surface area contributed by atoms with Crippen LogP contribution < -0.4 is 4.90 Å². The van der Waals surface area contributed by atoms with Crippen LogP contribution in [0, 0.1) is 0 Å². The number of aromatic hydroxyl groups is 1. The van der Waals surface area contributed by atoms with Gasteiger partial charge in [-0.3, -0.25) is 14.5 Å². The van der Waals surface area contributed by atoms with E-state index in [9.17, 15) is 19.8 Å². The molecule has 1 unspecified atom stereocenters. The van der Waals surface area contributed by atoms with Gasteiger partial charge >= 0.3 is 0 Å². The number of anilines is 1. The molecule has 26 heavy (non-hydrogen) atoms. The number of furan rings is 1. The number of nitrogens with zero attached hydrogens (tertiary/aromatic N) is 3. The number of phenolic OH excluding ortho intramolecular Hbond substituents is 1. The smallest absolute Gasteiger partial charge is 0.296 e. The van der Waals surface area contributed by atoms with E-state index in [-0.39, 0.29) is 22.2 Å². The maximum absolute atomic E-state index is 12.9. The van der Waals surface area contributed by atoms with E-state index in [1.54, 1.807) is 18.2 Å². The Labute approximate surface area is 150 Å². The average molecular weight is 369 g/mol. The van der Waals surface area contributed by atoms with Crippen LogP contribution in [0.15, 0.2) is 63.9 Å². The van der Waals surface area contributed by atoms with Gasteiger partial charge < -0.3 is 14.6 Å². The van der Waals surface area contributed by atoms with Crippen LogP contribution >= 0.6 is 11.3 Å². The molecule has 0 fully saturated rings. The van der Waals surface area contributed by atoms with Crippen molar-refractivity contribution in [3.8, 4) is 5.75 Å². The molecule has 0 saturated carbocycles. The summed E-state index contributed by atoms with van der Waals surface area (Å²) in [5.74, 6) is -1.99. The van der Waals surface area contributed by atoms with Crippen LogP contribution in [0.4, 0.5) is 5.13 Å². The summed E-state index contributed by atoms with van der Waals surface area (Å²) in [4.78, 5) is 26.7. The van der Waals surface area contributed by atoms with Crippen molar-refractivity contribution in [1.29, 1.82) is 0 Å². The van der Waals surface area contributed by atoms with Crippen molar-refractivity contribution in [1.82, 2.24) is 10.2 Å². The highest BCUT2D eigenvalue weighted by molar-refractivity contribution is 7.13. The van der Waals surface area contributed by atoms with Crippen molar-refractivity contribution in [2.45, 2.75) is 6.04 Å². The van der Waals surface area contributed by atoms with Gasteiger partial charge in [0.25, 0.3) is 5.91 Å². The fourth-order valence-corrected chi connectivity index (χ4v) is 3.40. The van der Waals surface area contributed by atoms with Crippen LogP contribution in [-0.2, 0) is 4.79 Å². The second-order valence-corrected chi connectivity index (χ2v) is 6.27. The van der Waals surface area contributed by atoms with Gasteiger partial charge in [0, 0.05) is 0 Å². The highest BCUT2D eigenvalue weighted by Gasteiger charge is 2.46. The summed E-state index contributed by atoms with van der Waals surface area (Å²) in [6.45, 7) is 0. The van der Waals surface area contributed by atoms with Gasteiger partial charge in [-0.2, -0.15) is 0 Å². The summed E-state index contributed by atoms with van der Waals surface area (Å²) < 4.78 is 5.13. The minimum Gasteiger partial charge on any atom is -0.508 e. The predicted octanol–water partition coefficient (Wildman–Crippen LogP) is 2.62. The fraction of sp³-hybridized carbons (Fsp3) is 0.0588. The van der Waals surface area contributed by atoms with E-state index < -0.39 is 23.5 Å². The Hall–Kier alpha value is -3.46. The van der Waals surface area contributed by atoms with Crippen molar-refractivity contribution in [2.24, 2.45) is 0 Å². The van der Waals surface area contributed by atoms with E-state index in [4.69, 9.17) is 4.42 Å². The number of rotatable bonds is 4. The van der Waals surface area contributed by atoms with Gasteiger partial charge in [-0.15, -0.1) is 10.2 Å². The minimum absolute atomic E-state index is 0.00208. The molecule has 0 aliphatic carbocycles. The Kier molecular flexibility index (Phi) is 3.77. The maximum Gasteiger partial charge on any atom is 0.296 e. The molecular weight excluding hydrogens is 358 g/mol. The zero-order chi connectivity index (χ0) is 18.3. The first-order valence-electron chi connectivity index (χ1n) is 7.48. The molecular formula is C17H11N3O5S. The van der Waals surface area contributed by atoms with Crippen molar-refractivity contribution in [2.75, 3.05) is 4.90 Å². The van der Waals surface area contributed by atoms with Gasteiger partial charge in [0.05, 0.1) is 17.9 Å². The SMILES string of the molecule is O=C(C1=C(O)C(=O)N(c2nncs2)C1c1ccc(O)cc1)c1ccco1. The van der Waals surface area contributed by atoms with E-state index in [1.165, 1.54) is 34.9 Å². The molecule has 3 heterocycles. The number of benzene rings is 1. The lowest BCUT2D eigenvalue weighted by molar-refractivity contribution is -0.117. The third-order valence-electron chi connectivity index (χ3n) is 3.96. The zero-order valence-corrected chi connectivity index (χ0v) is 13.9. The summed E-state index contributed by atoms with van der Waals surface area (Å²) in [7, 11) is 0. The molecule has 8 nitrogen and oxygen atoms in total. The second kappa shape index (κ2) is 6.12. The normalized spacial score (nSPS) is 17.2. The summed E-state index contributed by atoms with van der Waals surface area (Å²) in [5, 5.41) is 27.8. The molecule has 4 rings (SSSR count). The number of carbonyl (C=O) groups is 2. The molecule has 2 N–H and O–H groups in total. The number of hydrogen-bond acceptors (Lipinski definition) is 8. The third kappa shape index (κ3) is 2.45. The number of Topliss-reactive ketones (excluding diaryl/α,β-unsaturated/α-hetero) is 1. The Balaban J connectivity index is 1.88. The van der Waals surface area contributed by atoms with Crippen LogP contribution in [0.2, 0.25) is 0 Å². The third-order valence-corrected chi connectivity index (χ3v) is 4.65. The Bertz CT molecular complexity index is 994. The lowest BCUT2D eigenvalue weighted by Crippen LogP contribution is -2.31. The van der Waals surface area contributed by atoms with Crippen LogP contribution in [0.3, 0.4) is 0 Å². The van der Waals surface area contributed by atoms with Crippen molar-refractivity contribution in [3.63, 3.8) is 0 Å². The summed E-state index contributed by atoms with van der Waals surface area (Å²) >= 11 is 1.10. The van der Waals surface area contributed by atoms with Gasteiger partial charge in [0.1, 0.15) is 11.3 Å². The molecule has 2 aromatic heterocycles.